The van der Waals surface area contributed by atoms with Crippen LogP contribution in [0.5, 0.6) is 6.01 Å². The van der Waals surface area contributed by atoms with Crippen molar-refractivity contribution >= 4 is 28.3 Å². The number of nitrogens with one attached hydrogen (secondary N) is 2. The van der Waals surface area contributed by atoms with E-state index in [1.807, 2.05) is 37.4 Å². The van der Waals surface area contributed by atoms with Gasteiger partial charge in [-0.3, -0.25) is 4.79 Å². The Labute approximate surface area is 212 Å². The molecule has 1 atom stereocenters. The summed E-state index contributed by atoms with van der Waals surface area (Å²) in [6, 6.07) is 14.6. The zero-order valence-electron chi connectivity index (χ0n) is 21.5. The molecular weight excluding hydrogens is 454 g/mol. The first-order valence-corrected chi connectivity index (χ1v) is 12.3. The molecule has 1 aliphatic carbocycles. The molecule has 0 unspecified atom stereocenters. The first-order chi connectivity index (χ1) is 17.5. The number of amides is 1. The quantitative estimate of drug-likeness (QED) is 0.355. The van der Waals surface area contributed by atoms with Gasteiger partial charge in [0.1, 0.15) is 5.82 Å². The molecule has 190 valence electrons. The summed E-state index contributed by atoms with van der Waals surface area (Å²) in [5.74, 6) is 0.939. The summed E-state index contributed by atoms with van der Waals surface area (Å²) in [5, 5.41) is 7.44. The molecule has 3 aromatic rings. The van der Waals surface area contributed by atoms with Crippen molar-refractivity contribution in [2.75, 3.05) is 51.6 Å². The molecule has 1 aliphatic rings. The Kier molecular flexibility index (Phi) is 8.51. The fraction of sp³-hybridized carbons (Fsp3) is 0.393. The van der Waals surface area contributed by atoms with Crippen LogP contribution in [-0.4, -0.2) is 61.7 Å². The van der Waals surface area contributed by atoms with Gasteiger partial charge in [0.2, 0.25) is 5.91 Å². The summed E-state index contributed by atoms with van der Waals surface area (Å²) >= 11 is 0. The summed E-state index contributed by atoms with van der Waals surface area (Å²) in [7, 11) is 5.25. The third-order valence-electron chi connectivity index (χ3n) is 6.32. The number of ether oxygens (including phenoxy) is 2. The van der Waals surface area contributed by atoms with Crippen molar-refractivity contribution in [1.82, 2.24) is 14.9 Å². The van der Waals surface area contributed by atoms with Crippen molar-refractivity contribution < 1.29 is 14.3 Å². The molecule has 0 spiro atoms. The molecule has 1 fully saturated rings. The number of nitrogens with zero attached hydrogens (tertiary/aromatic N) is 3. The largest absolute Gasteiger partial charge is 0.467 e. The third-order valence-corrected chi connectivity index (χ3v) is 6.32. The minimum absolute atomic E-state index is 0.0215. The van der Waals surface area contributed by atoms with Crippen LogP contribution in [0, 0.1) is 0 Å². The Balaban J connectivity index is 1.61. The molecule has 0 aliphatic heterocycles. The van der Waals surface area contributed by atoms with E-state index in [4.69, 9.17) is 9.47 Å². The first-order valence-electron chi connectivity index (χ1n) is 12.3. The molecule has 0 bridgehead atoms. The predicted octanol–water partition coefficient (Wildman–Crippen LogP) is 4.76. The number of benzene rings is 2. The maximum absolute atomic E-state index is 12.8. The molecule has 1 saturated carbocycles. The zero-order chi connectivity index (χ0) is 25.5. The van der Waals surface area contributed by atoms with Crippen molar-refractivity contribution in [3.63, 3.8) is 0 Å². The second-order valence-corrected chi connectivity index (χ2v) is 9.21. The molecule has 1 aromatic heterocycles. The van der Waals surface area contributed by atoms with Crippen LogP contribution in [0.25, 0.3) is 10.9 Å². The molecule has 8 nitrogen and oxygen atoms in total. The molecule has 4 rings (SSSR count). The van der Waals surface area contributed by atoms with Crippen molar-refractivity contribution in [3.05, 3.63) is 65.7 Å². The van der Waals surface area contributed by atoms with Gasteiger partial charge in [0.25, 0.3) is 0 Å². The van der Waals surface area contributed by atoms with Gasteiger partial charge >= 0.3 is 6.01 Å². The number of carbonyl (C=O) groups excluding carboxylic acids is 1. The van der Waals surface area contributed by atoms with E-state index in [0.717, 1.165) is 47.1 Å². The molecule has 2 aromatic carbocycles. The maximum Gasteiger partial charge on any atom is 0.318 e. The highest BCUT2D eigenvalue weighted by Crippen LogP contribution is 2.45. The second kappa shape index (κ2) is 12.0. The van der Waals surface area contributed by atoms with E-state index in [1.165, 1.54) is 0 Å². The summed E-state index contributed by atoms with van der Waals surface area (Å²) < 4.78 is 10.5. The Morgan fingerprint density at radius 3 is 2.67 bits per heavy atom. The highest BCUT2D eigenvalue weighted by Gasteiger charge is 2.28. The van der Waals surface area contributed by atoms with Gasteiger partial charge in [0, 0.05) is 43.4 Å². The molecule has 36 heavy (non-hydrogen) atoms. The Bertz CT molecular complexity index is 1210. The van der Waals surface area contributed by atoms with Crippen molar-refractivity contribution in [1.29, 1.82) is 0 Å². The lowest BCUT2D eigenvalue weighted by molar-refractivity contribution is -0.111. The maximum atomic E-state index is 12.8. The summed E-state index contributed by atoms with van der Waals surface area (Å²) in [4.78, 5) is 24.1. The van der Waals surface area contributed by atoms with Gasteiger partial charge in [-0.15, -0.1) is 0 Å². The van der Waals surface area contributed by atoms with Crippen LogP contribution < -0.4 is 15.4 Å². The monoisotopic (exact) mass is 489 g/mol. The van der Waals surface area contributed by atoms with Crippen LogP contribution in [0.4, 0.5) is 11.5 Å². The molecule has 0 radical (unpaired) electrons. The lowest BCUT2D eigenvalue weighted by atomic mass is 10.0. The van der Waals surface area contributed by atoms with E-state index in [0.29, 0.717) is 30.9 Å². The Morgan fingerprint density at radius 2 is 1.97 bits per heavy atom. The van der Waals surface area contributed by atoms with E-state index in [1.54, 1.807) is 20.3 Å². The van der Waals surface area contributed by atoms with Crippen molar-refractivity contribution in [2.24, 2.45) is 0 Å². The van der Waals surface area contributed by atoms with E-state index in [2.05, 4.69) is 50.6 Å². The fourth-order valence-electron chi connectivity index (χ4n) is 4.09. The standard InChI is InChI=1S/C28H35N5O3/c1-19(20-9-6-5-7-10-20)29-27-23-18-24(30-26(34)11-8-14-33(2)15-16-35-3)22(21-12-13-21)17-25(23)31-28(32-27)36-4/h5-11,17-19,21H,12-16H2,1-4H3,(H,30,34)(H,29,31,32)/t19-/m1/s1. The fourth-order valence-corrected chi connectivity index (χ4v) is 4.09. The number of fused-ring (bicyclic) bond motifs is 1. The Hall–Kier alpha value is -3.49. The molecule has 0 saturated heterocycles. The minimum Gasteiger partial charge on any atom is -0.467 e. The SMILES string of the molecule is COCCN(C)CC=CC(=O)Nc1cc2c(N[C@H](C)c3ccccc3)nc(OC)nc2cc1C1CC1. The minimum atomic E-state index is -0.155. The number of anilines is 2. The van der Waals surface area contributed by atoms with Gasteiger partial charge in [-0.2, -0.15) is 9.97 Å². The van der Waals surface area contributed by atoms with Crippen LogP contribution in [0.15, 0.2) is 54.6 Å². The highest BCUT2D eigenvalue weighted by atomic mass is 16.5. The average Bonchev–Trinajstić information content (AvgIpc) is 3.73. The van der Waals surface area contributed by atoms with Gasteiger partial charge in [-0.1, -0.05) is 36.4 Å². The van der Waals surface area contributed by atoms with E-state index < -0.39 is 0 Å². The number of aromatic nitrogens is 2. The van der Waals surface area contributed by atoms with Crippen LogP contribution in [0.3, 0.4) is 0 Å². The third kappa shape index (κ3) is 6.59. The van der Waals surface area contributed by atoms with Gasteiger partial charge < -0.3 is 25.0 Å². The smallest absolute Gasteiger partial charge is 0.318 e. The number of methoxy groups -OCH3 is 2. The topological polar surface area (TPSA) is 88.6 Å². The van der Waals surface area contributed by atoms with Crippen LogP contribution in [-0.2, 0) is 9.53 Å². The van der Waals surface area contributed by atoms with Crippen LogP contribution >= 0.6 is 0 Å². The molecule has 1 heterocycles. The molecule has 2 N–H and O–H groups in total. The van der Waals surface area contributed by atoms with Crippen LogP contribution in [0.1, 0.15) is 42.9 Å². The number of hydrogen-bond acceptors (Lipinski definition) is 7. The zero-order valence-corrected chi connectivity index (χ0v) is 21.5. The lowest BCUT2D eigenvalue weighted by Gasteiger charge is -2.18. The molecule has 1 amide bonds. The molecular formula is C28H35N5O3. The summed E-state index contributed by atoms with van der Waals surface area (Å²) in [6.07, 6.45) is 5.66. The molecule has 8 heteroatoms. The Morgan fingerprint density at radius 1 is 1.19 bits per heavy atom. The van der Waals surface area contributed by atoms with Crippen molar-refractivity contribution in [2.45, 2.75) is 31.7 Å². The van der Waals surface area contributed by atoms with Gasteiger partial charge in [-0.25, -0.2) is 0 Å². The second-order valence-electron chi connectivity index (χ2n) is 9.21. The van der Waals surface area contributed by atoms with Crippen molar-refractivity contribution in [3.8, 4) is 6.01 Å². The van der Waals surface area contributed by atoms with E-state index in [9.17, 15) is 4.79 Å². The number of carbonyl (C=O) groups is 1. The van der Waals surface area contributed by atoms with Crippen LogP contribution in [0.2, 0.25) is 0 Å². The van der Waals surface area contributed by atoms with E-state index >= 15 is 0 Å². The van der Waals surface area contributed by atoms with Gasteiger partial charge in [0.15, 0.2) is 0 Å². The van der Waals surface area contributed by atoms with Gasteiger partial charge in [-0.05, 0) is 56.0 Å². The summed E-state index contributed by atoms with van der Waals surface area (Å²) in [6.45, 7) is 4.22. The number of rotatable bonds is 12. The predicted molar refractivity (Wildman–Crippen MR) is 144 cm³/mol. The average molecular weight is 490 g/mol. The lowest BCUT2D eigenvalue weighted by Crippen LogP contribution is -2.23. The highest BCUT2D eigenvalue weighted by molar-refractivity contribution is 6.03. The van der Waals surface area contributed by atoms with Gasteiger partial charge in [0.05, 0.1) is 19.2 Å². The number of likely N-dealkylation sites (N-methyl/N-ethyl adjacent to an activating group) is 1. The van der Waals surface area contributed by atoms with E-state index in [-0.39, 0.29) is 11.9 Å². The normalized spacial score (nSPS) is 14.4. The first kappa shape index (κ1) is 25.6. The summed E-state index contributed by atoms with van der Waals surface area (Å²) in [5.41, 5.74) is 3.84. The number of hydrogen-bond donors (Lipinski definition) is 2.